The molecule has 98 valence electrons. The molecule has 0 aliphatic carbocycles. The number of carbonyl (C=O) groups is 2. The lowest BCUT2D eigenvalue weighted by Crippen LogP contribution is -2.47. The lowest BCUT2D eigenvalue weighted by Gasteiger charge is -2.27. The Hall–Kier alpha value is -1.10. The number of rotatable bonds is 5. The number of imide groups is 1. The van der Waals surface area contributed by atoms with E-state index in [0.29, 0.717) is 19.4 Å². The van der Waals surface area contributed by atoms with Gasteiger partial charge < -0.3 is 9.80 Å². The van der Waals surface area contributed by atoms with Crippen molar-refractivity contribution >= 4 is 11.9 Å². The van der Waals surface area contributed by atoms with Crippen molar-refractivity contribution in [1.82, 2.24) is 10.2 Å². The summed E-state index contributed by atoms with van der Waals surface area (Å²) < 4.78 is 0.738. The summed E-state index contributed by atoms with van der Waals surface area (Å²) in [7, 11) is 6.14. The second kappa shape index (κ2) is 4.64. The number of urea groups is 1. The first-order valence-corrected chi connectivity index (χ1v) is 6.20. The smallest absolute Gasteiger partial charge is 0.325 e. The van der Waals surface area contributed by atoms with Crippen LogP contribution in [-0.4, -0.2) is 61.1 Å². The predicted octanol–water partition coefficient (Wildman–Crippen LogP) is 0.803. The van der Waals surface area contributed by atoms with Crippen LogP contribution in [0.15, 0.2) is 0 Å². The van der Waals surface area contributed by atoms with Crippen LogP contribution in [0.25, 0.3) is 0 Å². The summed E-state index contributed by atoms with van der Waals surface area (Å²) in [5, 5.41) is 2.83. The number of amides is 3. The summed E-state index contributed by atoms with van der Waals surface area (Å²) >= 11 is 0. The van der Waals surface area contributed by atoms with Crippen LogP contribution in [0.5, 0.6) is 0 Å². The highest BCUT2D eigenvalue weighted by atomic mass is 16.2. The fourth-order valence-corrected chi connectivity index (χ4v) is 2.01. The molecule has 1 rings (SSSR count). The minimum Gasteiger partial charge on any atom is -0.329 e. The van der Waals surface area contributed by atoms with Crippen LogP contribution in [0, 0.1) is 0 Å². The Morgan fingerprint density at radius 3 is 2.06 bits per heavy atom. The maximum absolute atomic E-state index is 12.3. The molecule has 1 N–H and O–H groups in total. The van der Waals surface area contributed by atoms with Crippen LogP contribution < -0.4 is 5.32 Å². The van der Waals surface area contributed by atoms with Gasteiger partial charge in [-0.3, -0.25) is 9.69 Å². The zero-order valence-electron chi connectivity index (χ0n) is 11.5. The maximum atomic E-state index is 12.3. The Kier molecular flexibility index (Phi) is 3.81. The third-order valence-corrected chi connectivity index (χ3v) is 3.45. The van der Waals surface area contributed by atoms with Crippen LogP contribution in [-0.2, 0) is 4.79 Å². The van der Waals surface area contributed by atoms with Crippen LogP contribution in [0.4, 0.5) is 4.79 Å². The molecule has 0 aromatic heterocycles. The average molecular weight is 242 g/mol. The van der Waals surface area contributed by atoms with E-state index in [9.17, 15) is 9.59 Å². The van der Waals surface area contributed by atoms with Crippen molar-refractivity contribution in [1.29, 1.82) is 0 Å². The van der Waals surface area contributed by atoms with E-state index in [1.807, 2.05) is 35.0 Å². The third kappa shape index (κ3) is 2.77. The highest BCUT2D eigenvalue weighted by molar-refractivity contribution is 6.06. The standard InChI is InChI=1S/C12H23N3O2/c1-6-12(7-2)10(16)14(11(17)13-12)8-9-15(3,4)5/h6-9H2,1-5H3/p+1. The van der Waals surface area contributed by atoms with Crippen LogP contribution in [0.1, 0.15) is 26.7 Å². The number of carbonyl (C=O) groups excluding carboxylic acids is 2. The Morgan fingerprint density at radius 2 is 1.71 bits per heavy atom. The SMILES string of the molecule is CCC1(CC)NC(=O)N(CC[N+](C)(C)C)C1=O. The quantitative estimate of drug-likeness (QED) is 0.573. The highest BCUT2D eigenvalue weighted by Crippen LogP contribution is 2.24. The van der Waals surface area contributed by atoms with Gasteiger partial charge in [0.1, 0.15) is 5.54 Å². The molecule has 1 saturated heterocycles. The van der Waals surface area contributed by atoms with Crippen molar-refractivity contribution in [2.45, 2.75) is 32.2 Å². The lowest BCUT2D eigenvalue weighted by atomic mass is 9.93. The van der Waals surface area contributed by atoms with Crippen molar-refractivity contribution in [3.63, 3.8) is 0 Å². The van der Waals surface area contributed by atoms with Gasteiger partial charge in [0.2, 0.25) is 0 Å². The molecule has 0 aromatic carbocycles. The van der Waals surface area contributed by atoms with Gasteiger partial charge in [0.05, 0.1) is 34.2 Å². The lowest BCUT2D eigenvalue weighted by molar-refractivity contribution is -0.869. The number of likely N-dealkylation sites (N-methyl/N-ethyl adjacent to an activating group) is 1. The first-order valence-electron chi connectivity index (χ1n) is 6.20. The van der Waals surface area contributed by atoms with E-state index < -0.39 is 5.54 Å². The molecular formula is C12H24N3O2+. The molecule has 0 bridgehead atoms. The first kappa shape index (κ1) is 14.0. The molecule has 17 heavy (non-hydrogen) atoms. The number of nitrogens with zero attached hydrogens (tertiary/aromatic N) is 2. The number of quaternary nitrogens is 1. The Bertz CT molecular complexity index is 316. The Labute approximate surface area is 103 Å². The second-order valence-corrected chi connectivity index (χ2v) is 5.69. The monoisotopic (exact) mass is 242 g/mol. The van der Waals surface area contributed by atoms with E-state index in [0.717, 1.165) is 11.0 Å². The minimum atomic E-state index is -0.665. The minimum absolute atomic E-state index is 0.0686. The molecule has 0 atom stereocenters. The van der Waals surface area contributed by atoms with E-state index in [4.69, 9.17) is 0 Å². The molecule has 1 aliphatic heterocycles. The van der Waals surface area contributed by atoms with E-state index >= 15 is 0 Å². The van der Waals surface area contributed by atoms with Crippen molar-refractivity contribution in [3.8, 4) is 0 Å². The van der Waals surface area contributed by atoms with E-state index in [1.54, 1.807) is 0 Å². The van der Waals surface area contributed by atoms with E-state index in [-0.39, 0.29) is 11.9 Å². The van der Waals surface area contributed by atoms with Crippen LogP contribution in [0.2, 0.25) is 0 Å². The number of nitrogens with one attached hydrogen (secondary N) is 1. The zero-order valence-corrected chi connectivity index (χ0v) is 11.5. The van der Waals surface area contributed by atoms with Gasteiger partial charge in [-0.05, 0) is 12.8 Å². The Morgan fingerprint density at radius 1 is 1.18 bits per heavy atom. The molecule has 1 heterocycles. The molecule has 0 spiro atoms. The topological polar surface area (TPSA) is 49.4 Å². The molecule has 0 radical (unpaired) electrons. The largest absolute Gasteiger partial charge is 0.329 e. The summed E-state index contributed by atoms with van der Waals surface area (Å²) in [5.41, 5.74) is -0.665. The molecule has 0 aromatic rings. The maximum Gasteiger partial charge on any atom is 0.325 e. The van der Waals surface area contributed by atoms with Crippen LogP contribution in [0.3, 0.4) is 0 Å². The Balaban J connectivity index is 2.76. The van der Waals surface area contributed by atoms with Gasteiger partial charge in [-0.2, -0.15) is 0 Å². The zero-order chi connectivity index (χ0) is 13.3. The number of hydrogen-bond acceptors (Lipinski definition) is 2. The van der Waals surface area contributed by atoms with E-state index in [2.05, 4.69) is 5.32 Å². The molecule has 1 fully saturated rings. The van der Waals surface area contributed by atoms with Gasteiger partial charge in [-0.15, -0.1) is 0 Å². The van der Waals surface area contributed by atoms with Crippen LogP contribution >= 0.6 is 0 Å². The van der Waals surface area contributed by atoms with Gasteiger partial charge >= 0.3 is 6.03 Å². The molecule has 1 aliphatic rings. The van der Waals surface area contributed by atoms with Crippen molar-refractivity contribution in [2.24, 2.45) is 0 Å². The van der Waals surface area contributed by atoms with Gasteiger partial charge in [0.15, 0.2) is 0 Å². The van der Waals surface area contributed by atoms with Gasteiger partial charge in [-0.1, -0.05) is 13.8 Å². The van der Waals surface area contributed by atoms with Crippen molar-refractivity contribution in [2.75, 3.05) is 34.2 Å². The summed E-state index contributed by atoms with van der Waals surface area (Å²) in [4.78, 5) is 25.4. The van der Waals surface area contributed by atoms with E-state index in [1.165, 1.54) is 4.90 Å². The normalized spacial score (nSPS) is 19.7. The summed E-state index contributed by atoms with van der Waals surface area (Å²) in [6.07, 6.45) is 1.30. The fraction of sp³-hybridized carbons (Fsp3) is 0.833. The molecule has 0 saturated carbocycles. The molecule has 0 unspecified atom stereocenters. The predicted molar refractivity (Wildman–Crippen MR) is 66.5 cm³/mol. The number of hydrogen-bond donors (Lipinski definition) is 1. The van der Waals surface area contributed by atoms with Gasteiger partial charge in [-0.25, -0.2) is 4.79 Å². The van der Waals surface area contributed by atoms with Crippen molar-refractivity contribution in [3.05, 3.63) is 0 Å². The summed E-state index contributed by atoms with van der Waals surface area (Å²) in [6, 6.07) is -0.243. The summed E-state index contributed by atoms with van der Waals surface area (Å²) in [6.45, 7) is 5.12. The molecule has 5 heteroatoms. The fourth-order valence-electron chi connectivity index (χ4n) is 2.01. The van der Waals surface area contributed by atoms with Gasteiger partial charge in [0.25, 0.3) is 5.91 Å². The second-order valence-electron chi connectivity index (χ2n) is 5.69. The first-order chi connectivity index (χ1) is 7.75. The molecule has 3 amide bonds. The average Bonchev–Trinajstić information content (AvgIpc) is 2.47. The molecule has 5 nitrogen and oxygen atoms in total. The highest BCUT2D eigenvalue weighted by Gasteiger charge is 2.48. The van der Waals surface area contributed by atoms with Gasteiger partial charge in [0, 0.05) is 0 Å². The third-order valence-electron chi connectivity index (χ3n) is 3.45. The summed E-state index contributed by atoms with van der Waals surface area (Å²) in [5.74, 6) is -0.0686. The molecular weight excluding hydrogens is 218 g/mol. The van der Waals surface area contributed by atoms with Crippen molar-refractivity contribution < 1.29 is 14.1 Å².